The lowest BCUT2D eigenvalue weighted by Gasteiger charge is -2.23. The molecule has 5 nitrogen and oxygen atoms in total. The molecule has 0 spiro atoms. The Morgan fingerprint density at radius 2 is 2.06 bits per heavy atom. The molecular formula is C11H14N4O. The molecule has 0 saturated heterocycles. The Balaban J connectivity index is 2.02. The van der Waals surface area contributed by atoms with Crippen molar-refractivity contribution >= 4 is 0 Å². The Morgan fingerprint density at radius 1 is 1.38 bits per heavy atom. The maximum absolute atomic E-state index is 8.81. The highest BCUT2D eigenvalue weighted by Crippen LogP contribution is 2.27. The van der Waals surface area contributed by atoms with Gasteiger partial charge < -0.3 is 10.5 Å². The molecule has 1 heterocycles. The molecule has 16 heavy (non-hydrogen) atoms. The van der Waals surface area contributed by atoms with Gasteiger partial charge in [0.25, 0.3) is 5.88 Å². The zero-order chi connectivity index (χ0) is 11.4. The Morgan fingerprint density at radius 3 is 2.75 bits per heavy atom. The van der Waals surface area contributed by atoms with E-state index in [1.54, 1.807) is 0 Å². The summed E-state index contributed by atoms with van der Waals surface area (Å²) >= 11 is 0. The van der Waals surface area contributed by atoms with Gasteiger partial charge in [0.15, 0.2) is 0 Å². The zero-order valence-corrected chi connectivity index (χ0v) is 9.02. The molecule has 2 N–H and O–H groups in total. The SMILES string of the molecule is N#Cc1nccnc1OCC1(N)CCCC1. The van der Waals surface area contributed by atoms with Gasteiger partial charge in [0.05, 0.1) is 5.54 Å². The number of hydrogen-bond acceptors (Lipinski definition) is 5. The van der Waals surface area contributed by atoms with Crippen LogP contribution in [0.25, 0.3) is 0 Å². The van der Waals surface area contributed by atoms with E-state index in [0.717, 1.165) is 25.7 Å². The normalized spacial score (nSPS) is 18.0. The maximum Gasteiger partial charge on any atom is 0.251 e. The second-order valence-corrected chi connectivity index (χ2v) is 4.18. The molecule has 0 amide bonds. The Hall–Kier alpha value is -1.67. The fourth-order valence-electron chi connectivity index (χ4n) is 1.94. The van der Waals surface area contributed by atoms with E-state index in [-0.39, 0.29) is 17.1 Å². The molecule has 2 rings (SSSR count). The summed E-state index contributed by atoms with van der Waals surface area (Å²) in [6.07, 6.45) is 7.20. The maximum atomic E-state index is 8.81. The smallest absolute Gasteiger partial charge is 0.251 e. The van der Waals surface area contributed by atoms with Crippen LogP contribution in [0, 0.1) is 11.3 Å². The van der Waals surface area contributed by atoms with E-state index in [9.17, 15) is 0 Å². The number of ether oxygens (including phenoxy) is 1. The first-order valence-electron chi connectivity index (χ1n) is 5.36. The van der Waals surface area contributed by atoms with E-state index >= 15 is 0 Å². The minimum Gasteiger partial charge on any atom is -0.474 e. The van der Waals surface area contributed by atoms with E-state index in [2.05, 4.69) is 9.97 Å². The minimum absolute atomic E-state index is 0.212. The molecule has 0 atom stereocenters. The third-order valence-corrected chi connectivity index (χ3v) is 2.87. The highest BCUT2D eigenvalue weighted by molar-refractivity contribution is 5.29. The number of aromatic nitrogens is 2. The first-order chi connectivity index (χ1) is 7.73. The lowest BCUT2D eigenvalue weighted by atomic mass is 10.0. The van der Waals surface area contributed by atoms with Crippen molar-refractivity contribution in [3.05, 3.63) is 18.1 Å². The fourth-order valence-corrected chi connectivity index (χ4v) is 1.94. The van der Waals surface area contributed by atoms with Crippen molar-refractivity contribution in [1.29, 1.82) is 5.26 Å². The van der Waals surface area contributed by atoms with Crippen LogP contribution in [0.2, 0.25) is 0 Å². The number of nitrogens with two attached hydrogens (primary N) is 1. The van der Waals surface area contributed by atoms with E-state index in [1.165, 1.54) is 12.4 Å². The van der Waals surface area contributed by atoms with Gasteiger partial charge in [-0.25, -0.2) is 9.97 Å². The first-order valence-corrected chi connectivity index (χ1v) is 5.36. The van der Waals surface area contributed by atoms with E-state index < -0.39 is 0 Å². The van der Waals surface area contributed by atoms with Crippen LogP contribution in [0.15, 0.2) is 12.4 Å². The van der Waals surface area contributed by atoms with E-state index in [4.69, 9.17) is 15.7 Å². The first kappa shape index (κ1) is 10.8. The summed E-state index contributed by atoms with van der Waals surface area (Å²) in [7, 11) is 0. The van der Waals surface area contributed by atoms with Crippen molar-refractivity contribution in [3.63, 3.8) is 0 Å². The Bertz CT molecular complexity index is 407. The predicted octanol–water partition coefficient (Wildman–Crippen LogP) is 0.999. The molecule has 84 valence electrons. The molecular weight excluding hydrogens is 204 g/mol. The summed E-state index contributed by atoms with van der Waals surface area (Å²) in [6.45, 7) is 0.403. The van der Waals surface area contributed by atoms with Gasteiger partial charge in [0, 0.05) is 12.4 Å². The van der Waals surface area contributed by atoms with E-state index in [0.29, 0.717) is 6.61 Å². The average Bonchev–Trinajstić information content (AvgIpc) is 2.74. The third-order valence-electron chi connectivity index (χ3n) is 2.87. The number of nitrogens with zero attached hydrogens (tertiary/aromatic N) is 3. The molecule has 1 fully saturated rings. The van der Waals surface area contributed by atoms with Gasteiger partial charge >= 0.3 is 0 Å². The van der Waals surface area contributed by atoms with Crippen LogP contribution in [0.5, 0.6) is 5.88 Å². The third kappa shape index (κ3) is 2.28. The Kier molecular flexibility index (Phi) is 3.02. The average molecular weight is 218 g/mol. The molecule has 1 saturated carbocycles. The lowest BCUT2D eigenvalue weighted by molar-refractivity contribution is 0.212. The minimum atomic E-state index is -0.260. The Labute approximate surface area is 94.3 Å². The molecule has 1 aromatic heterocycles. The highest BCUT2D eigenvalue weighted by atomic mass is 16.5. The second-order valence-electron chi connectivity index (χ2n) is 4.18. The summed E-state index contributed by atoms with van der Waals surface area (Å²) < 4.78 is 5.49. The molecule has 0 unspecified atom stereocenters. The molecule has 1 aliphatic carbocycles. The summed E-state index contributed by atoms with van der Waals surface area (Å²) in [5.41, 5.74) is 6.09. The van der Waals surface area contributed by atoms with Crippen LogP contribution < -0.4 is 10.5 Å². The monoisotopic (exact) mass is 218 g/mol. The van der Waals surface area contributed by atoms with Gasteiger partial charge in [-0.1, -0.05) is 12.8 Å². The predicted molar refractivity (Wildman–Crippen MR) is 57.6 cm³/mol. The number of hydrogen-bond donors (Lipinski definition) is 1. The highest BCUT2D eigenvalue weighted by Gasteiger charge is 2.30. The quantitative estimate of drug-likeness (QED) is 0.818. The van der Waals surface area contributed by atoms with Crippen molar-refractivity contribution in [3.8, 4) is 11.9 Å². The van der Waals surface area contributed by atoms with Crippen molar-refractivity contribution in [2.24, 2.45) is 5.73 Å². The second kappa shape index (κ2) is 4.45. The summed E-state index contributed by atoms with van der Waals surface area (Å²) in [5.74, 6) is 0.279. The van der Waals surface area contributed by atoms with Gasteiger partial charge in [0.2, 0.25) is 5.69 Å². The van der Waals surface area contributed by atoms with Crippen LogP contribution in [0.1, 0.15) is 31.4 Å². The van der Waals surface area contributed by atoms with Gasteiger partial charge in [-0.15, -0.1) is 0 Å². The van der Waals surface area contributed by atoms with Gasteiger partial charge in [-0.3, -0.25) is 0 Å². The van der Waals surface area contributed by atoms with Crippen molar-refractivity contribution in [2.45, 2.75) is 31.2 Å². The van der Waals surface area contributed by atoms with Gasteiger partial charge in [-0.2, -0.15) is 5.26 Å². The van der Waals surface area contributed by atoms with Crippen LogP contribution in [-0.2, 0) is 0 Å². The van der Waals surface area contributed by atoms with Crippen LogP contribution in [0.4, 0.5) is 0 Å². The molecule has 0 aromatic carbocycles. The summed E-state index contributed by atoms with van der Waals surface area (Å²) in [5, 5.41) is 8.81. The summed E-state index contributed by atoms with van der Waals surface area (Å²) in [6, 6.07) is 1.94. The standard InChI is InChI=1S/C11H14N4O/c12-7-9-10(15-6-5-14-9)16-8-11(13)3-1-2-4-11/h5-6H,1-4,8,13H2. The topological polar surface area (TPSA) is 84.8 Å². The van der Waals surface area contributed by atoms with Crippen molar-refractivity contribution in [1.82, 2.24) is 9.97 Å². The summed E-state index contributed by atoms with van der Waals surface area (Å²) in [4.78, 5) is 7.85. The lowest BCUT2D eigenvalue weighted by Crippen LogP contribution is -2.42. The molecule has 0 bridgehead atoms. The number of nitriles is 1. The van der Waals surface area contributed by atoms with Crippen LogP contribution >= 0.6 is 0 Å². The van der Waals surface area contributed by atoms with Gasteiger partial charge in [-0.05, 0) is 12.8 Å². The molecule has 5 heteroatoms. The molecule has 0 aliphatic heterocycles. The van der Waals surface area contributed by atoms with Crippen molar-refractivity contribution in [2.75, 3.05) is 6.61 Å². The zero-order valence-electron chi connectivity index (χ0n) is 9.02. The van der Waals surface area contributed by atoms with Crippen LogP contribution in [0.3, 0.4) is 0 Å². The van der Waals surface area contributed by atoms with Crippen molar-refractivity contribution < 1.29 is 4.74 Å². The van der Waals surface area contributed by atoms with Crippen LogP contribution in [-0.4, -0.2) is 22.1 Å². The van der Waals surface area contributed by atoms with E-state index in [1.807, 2.05) is 6.07 Å². The molecule has 1 aliphatic rings. The largest absolute Gasteiger partial charge is 0.474 e. The number of rotatable bonds is 3. The molecule has 0 radical (unpaired) electrons. The van der Waals surface area contributed by atoms with Gasteiger partial charge in [0.1, 0.15) is 12.7 Å². The molecule has 1 aromatic rings. The fraction of sp³-hybridized carbons (Fsp3) is 0.545.